The molecule has 0 fully saturated rings. The van der Waals surface area contributed by atoms with E-state index in [1.54, 1.807) is 22.2 Å². The molecule has 0 spiro atoms. The van der Waals surface area contributed by atoms with Gasteiger partial charge in [-0.2, -0.15) is 0 Å². The third-order valence-electron chi connectivity index (χ3n) is 2.68. The molecule has 0 unspecified atom stereocenters. The largest absolute Gasteiger partial charge is 0.399 e. The molecule has 0 bridgehead atoms. The van der Waals surface area contributed by atoms with Crippen molar-refractivity contribution in [1.29, 1.82) is 0 Å². The molecule has 2 N–H and O–H groups in total. The third-order valence-corrected chi connectivity index (χ3v) is 4.08. The van der Waals surface area contributed by atoms with E-state index < -0.39 is 0 Å². The van der Waals surface area contributed by atoms with E-state index in [1.807, 2.05) is 24.3 Å². The molecular weight excluding hydrogens is 268 g/mol. The fraction of sp³-hybridized carbons (Fsp3) is 0. The summed E-state index contributed by atoms with van der Waals surface area (Å²) >= 11 is 7.51. The minimum Gasteiger partial charge on any atom is -0.399 e. The standard InChI is InChI=1S/C13H9ClN2OS/c14-10-7-8(15)5-6-11(10)16-13(17)9-3-1-2-4-12(9)18-16/h1-7H,15H2. The molecule has 3 nitrogen and oxygen atoms in total. The van der Waals surface area contributed by atoms with Gasteiger partial charge < -0.3 is 5.73 Å². The second-order valence-corrected chi connectivity index (χ2v) is 5.29. The second kappa shape index (κ2) is 4.15. The average molecular weight is 277 g/mol. The lowest BCUT2D eigenvalue weighted by atomic mass is 10.2. The van der Waals surface area contributed by atoms with Crippen molar-refractivity contribution in [3.63, 3.8) is 0 Å². The number of fused-ring (bicyclic) bond motifs is 1. The van der Waals surface area contributed by atoms with Crippen molar-refractivity contribution in [2.75, 3.05) is 5.73 Å². The van der Waals surface area contributed by atoms with E-state index in [9.17, 15) is 4.79 Å². The molecule has 3 rings (SSSR count). The van der Waals surface area contributed by atoms with Crippen LogP contribution in [0.4, 0.5) is 5.69 Å². The van der Waals surface area contributed by atoms with Crippen molar-refractivity contribution in [2.24, 2.45) is 0 Å². The van der Waals surface area contributed by atoms with Crippen LogP contribution >= 0.6 is 23.1 Å². The molecule has 0 aliphatic rings. The maximum Gasteiger partial charge on any atom is 0.273 e. The van der Waals surface area contributed by atoms with Gasteiger partial charge >= 0.3 is 0 Å². The zero-order valence-corrected chi connectivity index (χ0v) is 10.8. The number of anilines is 1. The van der Waals surface area contributed by atoms with E-state index in [1.165, 1.54) is 11.5 Å². The lowest BCUT2D eigenvalue weighted by molar-refractivity contribution is 1.14. The van der Waals surface area contributed by atoms with E-state index in [2.05, 4.69) is 0 Å². The zero-order chi connectivity index (χ0) is 12.7. The molecule has 0 atom stereocenters. The number of hydrogen-bond donors (Lipinski definition) is 1. The van der Waals surface area contributed by atoms with Crippen LogP contribution in [0.1, 0.15) is 0 Å². The number of nitrogens with zero attached hydrogens (tertiary/aromatic N) is 1. The molecule has 90 valence electrons. The highest BCUT2D eigenvalue weighted by molar-refractivity contribution is 7.14. The number of nitrogens with two attached hydrogens (primary N) is 1. The van der Waals surface area contributed by atoms with Gasteiger partial charge in [-0.25, -0.2) is 3.96 Å². The summed E-state index contributed by atoms with van der Waals surface area (Å²) in [6.45, 7) is 0. The summed E-state index contributed by atoms with van der Waals surface area (Å²) in [5, 5.41) is 1.18. The highest BCUT2D eigenvalue weighted by Crippen LogP contribution is 2.26. The third kappa shape index (κ3) is 1.70. The molecule has 2 aromatic carbocycles. The first-order chi connectivity index (χ1) is 8.66. The molecule has 0 radical (unpaired) electrons. The van der Waals surface area contributed by atoms with Crippen LogP contribution in [0.5, 0.6) is 0 Å². The van der Waals surface area contributed by atoms with Gasteiger partial charge in [0.05, 0.1) is 20.8 Å². The Morgan fingerprint density at radius 2 is 1.94 bits per heavy atom. The van der Waals surface area contributed by atoms with Gasteiger partial charge in [0.25, 0.3) is 5.56 Å². The normalized spacial score (nSPS) is 10.9. The van der Waals surface area contributed by atoms with Crippen molar-refractivity contribution in [1.82, 2.24) is 3.96 Å². The molecule has 0 saturated heterocycles. The van der Waals surface area contributed by atoms with Crippen molar-refractivity contribution < 1.29 is 0 Å². The first kappa shape index (κ1) is 11.3. The van der Waals surface area contributed by atoms with E-state index >= 15 is 0 Å². The lowest BCUT2D eigenvalue weighted by Gasteiger charge is -2.03. The van der Waals surface area contributed by atoms with Gasteiger partial charge in [0.1, 0.15) is 0 Å². The van der Waals surface area contributed by atoms with Crippen molar-refractivity contribution >= 4 is 38.9 Å². The summed E-state index contributed by atoms with van der Waals surface area (Å²) in [5.41, 5.74) is 6.84. The van der Waals surface area contributed by atoms with Crippen LogP contribution in [0, 0.1) is 0 Å². The van der Waals surface area contributed by atoms with Crippen LogP contribution in [0.15, 0.2) is 47.3 Å². The molecule has 0 aliphatic carbocycles. The predicted molar refractivity (Wildman–Crippen MR) is 76.8 cm³/mol. The molecule has 18 heavy (non-hydrogen) atoms. The first-order valence-electron chi connectivity index (χ1n) is 5.33. The van der Waals surface area contributed by atoms with Crippen LogP contribution in [0.2, 0.25) is 5.02 Å². The SMILES string of the molecule is Nc1ccc(-n2sc3ccccc3c2=O)c(Cl)c1. The number of halogens is 1. The van der Waals surface area contributed by atoms with Crippen molar-refractivity contribution in [2.45, 2.75) is 0 Å². The molecule has 3 aromatic rings. The Balaban J connectivity index is 2.32. The molecular formula is C13H9ClN2OS. The molecule has 1 aromatic heterocycles. The fourth-order valence-corrected chi connectivity index (χ4v) is 3.17. The zero-order valence-electron chi connectivity index (χ0n) is 9.26. The van der Waals surface area contributed by atoms with Crippen LogP contribution in [0.25, 0.3) is 15.8 Å². The van der Waals surface area contributed by atoms with Crippen LogP contribution < -0.4 is 11.3 Å². The molecule has 0 saturated carbocycles. The number of aromatic nitrogens is 1. The monoisotopic (exact) mass is 276 g/mol. The summed E-state index contributed by atoms with van der Waals surface area (Å²) in [6, 6.07) is 12.6. The van der Waals surface area contributed by atoms with Gasteiger partial charge in [0.15, 0.2) is 0 Å². The first-order valence-corrected chi connectivity index (χ1v) is 6.48. The highest BCUT2D eigenvalue weighted by Gasteiger charge is 2.11. The fourth-order valence-electron chi connectivity index (χ4n) is 1.82. The maximum absolute atomic E-state index is 12.2. The second-order valence-electron chi connectivity index (χ2n) is 3.90. The molecule has 0 amide bonds. The minimum atomic E-state index is -0.0535. The highest BCUT2D eigenvalue weighted by atomic mass is 35.5. The number of rotatable bonds is 1. The Hall–Kier alpha value is -1.78. The van der Waals surface area contributed by atoms with E-state index in [-0.39, 0.29) is 5.56 Å². The van der Waals surface area contributed by atoms with Crippen molar-refractivity contribution in [3.05, 3.63) is 57.8 Å². The van der Waals surface area contributed by atoms with E-state index in [4.69, 9.17) is 17.3 Å². The van der Waals surface area contributed by atoms with Gasteiger partial charge in [0, 0.05) is 5.69 Å². The molecule has 0 aliphatic heterocycles. The summed E-state index contributed by atoms with van der Waals surface area (Å²) < 4.78 is 2.53. The van der Waals surface area contributed by atoms with Gasteiger partial charge in [-0.1, -0.05) is 35.3 Å². The maximum atomic E-state index is 12.2. The topological polar surface area (TPSA) is 48.0 Å². The molecule has 1 heterocycles. The van der Waals surface area contributed by atoms with E-state index in [0.717, 1.165) is 4.70 Å². The minimum absolute atomic E-state index is 0.0535. The Labute approximate surface area is 112 Å². The predicted octanol–water partition coefficient (Wildman–Crippen LogP) is 3.29. The number of hydrogen-bond acceptors (Lipinski definition) is 3. The van der Waals surface area contributed by atoms with Crippen LogP contribution in [-0.4, -0.2) is 3.96 Å². The summed E-state index contributed by atoms with van der Waals surface area (Å²) in [4.78, 5) is 12.2. The lowest BCUT2D eigenvalue weighted by Crippen LogP contribution is -2.11. The summed E-state index contributed by atoms with van der Waals surface area (Å²) in [7, 11) is 0. The number of nitrogen functional groups attached to an aromatic ring is 1. The van der Waals surface area contributed by atoms with Gasteiger partial charge in [-0.3, -0.25) is 4.79 Å². The van der Waals surface area contributed by atoms with E-state index in [0.29, 0.717) is 21.8 Å². The smallest absolute Gasteiger partial charge is 0.273 e. The van der Waals surface area contributed by atoms with Crippen LogP contribution in [0.3, 0.4) is 0 Å². The van der Waals surface area contributed by atoms with Gasteiger partial charge in [-0.15, -0.1) is 0 Å². The quantitative estimate of drug-likeness (QED) is 0.693. The summed E-state index contributed by atoms with van der Waals surface area (Å²) in [5.74, 6) is 0. The van der Waals surface area contributed by atoms with Crippen molar-refractivity contribution in [3.8, 4) is 5.69 Å². The summed E-state index contributed by atoms with van der Waals surface area (Å²) in [6.07, 6.45) is 0. The number of benzene rings is 2. The Morgan fingerprint density at radius 3 is 2.67 bits per heavy atom. The van der Waals surface area contributed by atoms with Gasteiger partial charge in [0.2, 0.25) is 0 Å². The van der Waals surface area contributed by atoms with Crippen LogP contribution in [-0.2, 0) is 0 Å². The molecule has 5 heteroatoms. The Bertz CT molecular complexity index is 791. The Morgan fingerprint density at radius 1 is 1.17 bits per heavy atom. The Kier molecular flexibility index (Phi) is 2.61. The van der Waals surface area contributed by atoms with Gasteiger partial charge in [-0.05, 0) is 30.3 Å². The average Bonchev–Trinajstić information content (AvgIpc) is 2.68.